The number of nitrogens with zero attached hydrogens (tertiary/aromatic N) is 3. The molecule has 0 bridgehead atoms. The third-order valence-corrected chi connectivity index (χ3v) is 12.6. The van der Waals surface area contributed by atoms with Gasteiger partial charge in [-0.2, -0.15) is 15.0 Å². The zero-order chi connectivity index (χ0) is 38.1. The standard InChI is InChI=1S/C45H80N4OS2/c1-9-13-17-21-25-29-33-51-42-47-41(48-43(49-42)52-34-30-26-22-18-14-10-2)46-37-35-38(44(5,6)31-27-23-19-15-11-3)40(50)39(36-37)45(7,8)32-28-24-20-16-12-4/h35-36,50H,9-34H2,1-8H3,(H,46,47,48,49). The van der Waals surface area contributed by atoms with E-state index in [1.165, 1.54) is 141 Å². The summed E-state index contributed by atoms with van der Waals surface area (Å²) in [6.45, 7) is 18.3. The fourth-order valence-corrected chi connectivity index (χ4v) is 8.82. The first kappa shape index (κ1) is 46.7. The van der Waals surface area contributed by atoms with Gasteiger partial charge in [0.2, 0.25) is 5.95 Å². The summed E-state index contributed by atoms with van der Waals surface area (Å²) in [4.78, 5) is 14.9. The Morgan fingerprint density at radius 1 is 0.500 bits per heavy atom. The molecular formula is C45H80N4OS2. The van der Waals surface area contributed by atoms with Gasteiger partial charge in [-0.05, 0) is 48.6 Å². The van der Waals surface area contributed by atoms with Gasteiger partial charge in [-0.25, -0.2) is 0 Å². The number of aromatic hydroxyl groups is 1. The normalized spacial score (nSPS) is 12.2. The zero-order valence-electron chi connectivity index (χ0n) is 35.1. The molecule has 0 saturated heterocycles. The highest BCUT2D eigenvalue weighted by atomic mass is 32.2. The van der Waals surface area contributed by atoms with E-state index in [-0.39, 0.29) is 10.8 Å². The smallest absolute Gasteiger partial charge is 0.232 e. The van der Waals surface area contributed by atoms with Crippen LogP contribution in [0.3, 0.4) is 0 Å². The molecule has 7 heteroatoms. The summed E-state index contributed by atoms with van der Waals surface area (Å²) in [5.74, 6) is 3.15. The van der Waals surface area contributed by atoms with Gasteiger partial charge in [0.25, 0.3) is 0 Å². The SMILES string of the molecule is CCCCCCCCSc1nc(Nc2cc(C(C)(C)CCCCCCC)c(O)c(C(C)(C)CCCCCCC)c2)nc(SCCCCCCCC)n1. The number of nitrogens with one attached hydrogen (secondary N) is 1. The second-order valence-electron chi connectivity index (χ2n) is 16.6. The summed E-state index contributed by atoms with van der Waals surface area (Å²) in [6, 6.07) is 4.36. The number of unbranched alkanes of at least 4 members (excludes halogenated alkanes) is 18. The van der Waals surface area contributed by atoms with Gasteiger partial charge < -0.3 is 10.4 Å². The molecule has 52 heavy (non-hydrogen) atoms. The predicted molar refractivity (Wildman–Crippen MR) is 232 cm³/mol. The van der Waals surface area contributed by atoms with Gasteiger partial charge in [-0.3, -0.25) is 0 Å². The monoisotopic (exact) mass is 757 g/mol. The van der Waals surface area contributed by atoms with Gasteiger partial charge in [0.15, 0.2) is 10.3 Å². The van der Waals surface area contributed by atoms with Gasteiger partial charge in [-0.15, -0.1) is 0 Å². The van der Waals surface area contributed by atoms with Gasteiger partial charge in [0.1, 0.15) is 5.75 Å². The molecule has 0 atom stereocenters. The van der Waals surface area contributed by atoms with Crippen molar-refractivity contribution >= 4 is 35.2 Å². The quantitative estimate of drug-likeness (QED) is 0.0437. The predicted octanol–water partition coefficient (Wildman–Crippen LogP) is 15.5. The Hall–Kier alpha value is -1.47. The molecule has 1 heterocycles. The summed E-state index contributed by atoms with van der Waals surface area (Å²) < 4.78 is 0. The van der Waals surface area contributed by atoms with Crippen molar-refractivity contribution in [2.24, 2.45) is 0 Å². The van der Waals surface area contributed by atoms with E-state index in [1.54, 1.807) is 23.5 Å². The molecule has 0 aliphatic carbocycles. The van der Waals surface area contributed by atoms with E-state index in [1.807, 2.05) is 0 Å². The van der Waals surface area contributed by atoms with Crippen molar-refractivity contribution in [3.05, 3.63) is 23.3 Å². The second kappa shape index (κ2) is 27.2. The molecule has 2 N–H and O–H groups in total. The lowest BCUT2D eigenvalue weighted by atomic mass is 9.73. The van der Waals surface area contributed by atoms with Crippen molar-refractivity contribution in [1.29, 1.82) is 0 Å². The first-order valence-corrected chi connectivity index (χ1v) is 23.7. The summed E-state index contributed by atoms with van der Waals surface area (Å²) in [7, 11) is 0. The number of hydrogen-bond acceptors (Lipinski definition) is 7. The summed E-state index contributed by atoms with van der Waals surface area (Å²) in [5, 5.41) is 17.3. The third-order valence-electron chi connectivity index (χ3n) is 10.7. The Labute approximate surface area is 330 Å². The van der Waals surface area contributed by atoms with Crippen molar-refractivity contribution in [1.82, 2.24) is 15.0 Å². The van der Waals surface area contributed by atoms with Crippen LogP contribution in [0.25, 0.3) is 0 Å². The van der Waals surface area contributed by atoms with E-state index in [0.29, 0.717) is 11.7 Å². The fraction of sp³-hybridized carbons (Fsp3) is 0.800. The lowest BCUT2D eigenvalue weighted by Gasteiger charge is -2.33. The van der Waals surface area contributed by atoms with Crippen LogP contribution in [0.1, 0.15) is 221 Å². The van der Waals surface area contributed by atoms with Crippen LogP contribution in [0.15, 0.2) is 22.4 Å². The maximum absolute atomic E-state index is 12.0. The van der Waals surface area contributed by atoms with E-state index >= 15 is 0 Å². The molecule has 0 aliphatic rings. The Morgan fingerprint density at radius 3 is 1.23 bits per heavy atom. The van der Waals surface area contributed by atoms with Crippen molar-refractivity contribution in [2.75, 3.05) is 16.8 Å². The second-order valence-corrected chi connectivity index (χ2v) is 18.7. The summed E-state index contributed by atoms with van der Waals surface area (Å²) >= 11 is 3.53. The molecule has 0 fully saturated rings. The van der Waals surface area contributed by atoms with Crippen LogP contribution >= 0.6 is 23.5 Å². The van der Waals surface area contributed by atoms with Crippen LogP contribution in [0.5, 0.6) is 5.75 Å². The summed E-state index contributed by atoms with van der Waals surface area (Å²) in [6.07, 6.45) is 30.1. The highest BCUT2D eigenvalue weighted by Gasteiger charge is 2.31. The maximum Gasteiger partial charge on any atom is 0.232 e. The maximum atomic E-state index is 12.0. The Balaban J connectivity index is 2.39. The van der Waals surface area contributed by atoms with Crippen molar-refractivity contribution < 1.29 is 5.11 Å². The van der Waals surface area contributed by atoms with Crippen molar-refractivity contribution in [2.45, 2.75) is 231 Å². The van der Waals surface area contributed by atoms with E-state index in [9.17, 15) is 5.11 Å². The lowest BCUT2D eigenvalue weighted by Crippen LogP contribution is -2.22. The molecule has 5 nitrogen and oxygen atoms in total. The van der Waals surface area contributed by atoms with Crippen LogP contribution in [0.2, 0.25) is 0 Å². The minimum Gasteiger partial charge on any atom is -0.507 e. The van der Waals surface area contributed by atoms with E-state index < -0.39 is 0 Å². The molecule has 0 radical (unpaired) electrons. The Kier molecular flexibility index (Phi) is 24.4. The number of phenolic OH excluding ortho intramolecular Hbond substituents is 1. The molecule has 0 amide bonds. The highest BCUT2D eigenvalue weighted by Crippen LogP contribution is 2.45. The van der Waals surface area contributed by atoms with E-state index in [0.717, 1.165) is 51.5 Å². The Bertz CT molecular complexity index is 1130. The number of anilines is 2. The first-order valence-electron chi connectivity index (χ1n) is 21.7. The molecule has 2 aromatic rings. The molecule has 1 aromatic heterocycles. The van der Waals surface area contributed by atoms with Crippen LogP contribution in [0.4, 0.5) is 11.6 Å². The molecule has 298 valence electrons. The average molecular weight is 757 g/mol. The average Bonchev–Trinajstić information content (AvgIpc) is 3.11. The highest BCUT2D eigenvalue weighted by molar-refractivity contribution is 7.99. The lowest BCUT2D eigenvalue weighted by molar-refractivity contribution is 0.379. The molecule has 0 unspecified atom stereocenters. The zero-order valence-corrected chi connectivity index (χ0v) is 36.8. The Morgan fingerprint density at radius 2 is 0.846 bits per heavy atom. The number of phenols is 1. The molecule has 0 spiro atoms. The van der Waals surface area contributed by atoms with Crippen LogP contribution in [-0.4, -0.2) is 31.6 Å². The van der Waals surface area contributed by atoms with Crippen molar-refractivity contribution in [3.8, 4) is 5.75 Å². The minimum atomic E-state index is -0.157. The number of rotatable bonds is 32. The molecular weight excluding hydrogens is 677 g/mol. The molecule has 0 saturated carbocycles. The van der Waals surface area contributed by atoms with Crippen molar-refractivity contribution in [3.63, 3.8) is 0 Å². The molecule has 1 aromatic carbocycles. The van der Waals surface area contributed by atoms with Crippen LogP contribution in [-0.2, 0) is 10.8 Å². The van der Waals surface area contributed by atoms with Crippen LogP contribution < -0.4 is 5.32 Å². The van der Waals surface area contributed by atoms with E-state index in [4.69, 9.17) is 15.0 Å². The minimum absolute atomic E-state index is 0.157. The fourth-order valence-electron chi connectivity index (χ4n) is 7.09. The number of thioether (sulfide) groups is 2. The van der Waals surface area contributed by atoms with Gasteiger partial charge in [-0.1, -0.05) is 207 Å². The summed E-state index contributed by atoms with van der Waals surface area (Å²) in [5.41, 5.74) is 2.72. The first-order chi connectivity index (χ1) is 25.1. The van der Waals surface area contributed by atoms with Crippen LogP contribution in [0, 0.1) is 0 Å². The van der Waals surface area contributed by atoms with Gasteiger partial charge >= 0.3 is 0 Å². The number of aromatic nitrogens is 3. The van der Waals surface area contributed by atoms with E-state index in [2.05, 4.69) is 72.8 Å². The van der Waals surface area contributed by atoms with Gasteiger partial charge in [0, 0.05) is 28.3 Å². The number of hydrogen-bond donors (Lipinski definition) is 2. The largest absolute Gasteiger partial charge is 0.507 e. The van der Waals surface area contributed by atoms with Gasteiger partial charge in [0.05, 0.1) is 0 Å². The third kappa shape index (κ3) is 18.7. The molecule has 0 aliphatic heterocycles. The molecule has 2 rings (SSSR count). The number of benzene rings is 1. The topological polar surface area (TPSA) is 70.9 Å².